The first-order chi connectivity index (χ1) is 9.84. The van der Waals surface area contributed by atoms with Gasteiger partial charge in [-0.05, 0) is 37.1 Å². The van der Waals surface area contributed by atoms with E-state index in [1.807, 2.05) is 0 Å². The molecule has 0 amide bonds. The fraction of sp³-hybridized carbons (Fsp3) is 0.500. The number of carbonyl (C=O) groups excluding carboxylic acids is 1. The van der Waals surface area contributed by atoms with Crippen molar-refractivity contribution in [2.45, 2.75) is 31.6 Å². The van der Waals surface area contributed by atoms with Crippen molar-refractivity contribution >= 4 is 16.0 Å². The molecule has 1 rings (SSSR count). The fourth-order valence-electron chi connectivity index (χ4n) is 1.66. The maximum Gasteiger partial charge on any atom is 0.338 e. The van der Waals surface area contributed by atoms with E-state index in [1.54, 1.807) is 13.0 Å². The Bertz CT molecular complexity index is 583. The third-order valence-corrected chi connectivity index (χ3v) is 3.61. The van der Waals surface area contributed by atoms with E-state index in [2.05, 4.69) is 6.92 Å². The minimum absolute atomic E-state index is 0.103. The molecule has 0 fully saturated rings. The number of aryl methyl sites for hydroxylation is 1. The largest absolute Gasteiger partial charge is 0.460 e. The van der Waals surface area contributed by atoms with E-state index in [1.165, 1.54) is 12.1 Å². The average Bonchev–Trinajstić information content (AvgIpc) is 2.40. The number of rotatable bonds is 8. The molecule has 1 aromatic rings. The van der Waals surface area contributed by atoms with Crippen molar-refractivity contribution in [1.82, 2.24) is 0 Å². The summed E-state index contributed by atoms with van der Waals surface area (Å²) in [5, 5.41) is 5.06. The molecule has 0 atom stereocenters. The van der Waals surface area contributed by atoms with Gasteiger partial charge < -0.3 is 9.47 Å². The number of primary sulfonamides is 1. The van der Waals surface area contributed by atoms with Gasteiger partial charge in [-0.3, -0.25) is 0 Å². The van der Waals surface area contributed by atoms with Gasteiger partial charge in [0.25, 0.3) is 0 Å². The predicted molar refractivity (Wildman–Crippen MR) is 78.6 cm³/mol. The van der Waals surface area contributed by atoms with Crippen molar-refractivity contribution in [2.24, 2.45) is 5.14 Å². The van der Waals surface area contributed by atoms with Crippen LogP contribution in [0.3, 0.4) is 0 Å². The maximum atomic E-state index is 11.9. The molecule has 21 heavy (non-hydrogen) atoms. The highest BCUT2D eigenvalue weighted by atomic mass is 32.2. The number of hydrogen-bond acceptors (Lipinski definition) is 5. The molecular weight excluding hydrogens is 294 g/mol. The number of carbonyl (C=O) groups is 1. The monoisotopic (exact) mass is 315 g/mol. The van der Waals surface area contributed by atoms with E-state index in [0.717, 1.165) is 12.8 Å². The van der Waals surface area contributed by atoms with E-state index < -0.39 is 16.0 Å². The van der Waals surface area contributed by atoms with Crippen LogP contribution in [0.15, 0.2) is 23.1 Å². The molecule has 2 N–H and O–H groups in total. The predicted octanol–water partition coefficient (Wildman–Crippen LogP) is 1.62. The van der Waals surface area contributed by atoms with Gasteiger partial charge in [-0.2, -0.15) is 0 Å². The molecule has 1 aromatic carbocycles. The third-order valence-electron chi connectivity index (χ3n) is 2.72. The van der Waals surface area contributed by atoms with Gasteiger partial charge in [0.2, 0.25) is 10.0 Å². The second-order valence-electron chi connectivity index (χ2n) is 4.68. The number of benzene rings is 1. The van der Waals surface area contributed by atoms with Crippen LogP contribution in [0.2, 0.25) is 0 Å². The Balaban J connectivity index is 2.60. The van der Waals surface area contributed by atoms with Gasteiger partial charge in [0.05, 0.1) is 17.1 Å². The summed E-state index contributed by atoms with van der Waals surface area (Å²) in [5.74, 6) is -0.595. The molecule has 0 aliphatic rings. The molecule has 0 aliphatic heterocycles. The van der Waals surface area contributed by atoms with E-state index in [-0.39, 0.29) is 17.1 Å². The minimum atomic E-state index is -3.85. The molecule has 0 radical (unpaired) electrons. The lowest BCUT2D eigenvalue weighted by molar-refractivity contribution is 0.0313. The first kappa shape index (κ1) is 17.6. The lowest BCUT2D eigenvalue weighted by Crippen LogP contribution is -2.15. The third kappa shape index (κ3) is 6.24. The molecule has 0 unspecified atom stereocenters. The van der Waals surface area contributed by atoms with Crippen molar-refractivity contribution in [3.05, 3.63) is 29.3 Å². The van der Waals surface area contributed by atoms with Crippen LogP contribution in [-0.4, -0.2) is 34.2 Å². The molecular formula is C14H21NO5S. The minimum Gasteiger partial charge on any atom is -0.460 e. The van der Waals surface area contributed by atoms with Crippen molar-refractivity contribution in [3.8, 4) is 0 Å². The van der Waals surface area contributed by atoms with Crippen molar-refractivity contribution in [2.75, 3.05) is 19.8 Å². The second kappa shape index (κ2) is 8.11. The number of hydrogen-bond donors (Lipinski definition) is 1. The summed E-state index contributed by atoms with van der Waals surface area (Å²) in [6, 6.07) is 4.16. The van der Waals surface area contributed by atoms with Gasteiger partial charge in [-0.25, -0.2) is 18.4 Å². The number of unbranched alkanes of at least 4 members (excludes halogenated alkanes) is 1. The molecule has 0 heterocycles. The maximum absolute atomic E-state index is 11.9. The zero-order valence-electron chi connectivity index (χ0n) is 12.3. The Hall–Kier alpha value is -1.44. The fourth-order valence-corrected chi connectivity index (χ4v) is 2.30. The number of sulfonamides is 1. The highest BCUT2D eigenvalue weighted by Gasteiger charge is 2.14. The Morgan fingerprint density at radius 1 is 1.19 bits per heavy atom. The van der Waals surface area contributed by atoms with E-state index in [0.29, 0.717) is 18.8 Å². The van der Waals surface area contributed by atoms with E-state index in [4.69, 9.17) is 14.6 Å². The molecule has 6 nitrogen and oxygen atoms in total. The molecule has 0 saturated heterocycles. The summed E-state index contributed by atoms with van der Waals surface area (Å²) in [4.78, 5) is 11.7. The molecule has 0 aromatic heterocycles. The van der Waals surface area contributed by atoms with Crippen LogP contribution in [0.5, 0.6) is 0 Å². The summed E-state index contributed by atoms with van der Waals surface area (Å²) in [6.45, 7) is 4.82. The lowest BCUT2D eigenvalue weighted by Gasteiger charge is -2.08. The second-order valence-corrected chi connectivity index (χ2v) is 6.24. The van der Waals surface area contributed by atoms with Crippen LogP contribution in [0, 0.1) is 6.92 Å². The van der Waals surface area contributed by atoms with E-state index >= 15 is 0 Å². The lowest BCUT2D eigenvalue weighted by atomic mass is 10.1. The van der Waals surface area contributed by atoms with Crippen LogP contribution in [0.1, 0.15) is 35.7 Å². The summed E-state index contributed by atoms with van der Waals surface area (Å²) in [5.41, 5.74) is 0.778. The topological polar surface area (TPSA) is 95.7 Å². The van der Waals surface area contributed by atoms with Crippen LogP contribution >= 0.6 is 0 Å². The molecule has 0 aliphatic carbocycles. The van der Waals surface area contributed by atoms with Crippen LogP contribution in [0.25, 0.3) is 0 Å². The Morgan fingerprint density at radius 3 is 2.52 bits per heavy atom. The zero-order chi connectivity index (χ0) is 15.9. The van der Waals surface area contributed by atoms with Crippen molar-refractivity contribution in [3.63, 3.8) is 0 Å². The SMILES string of the molecule is CCCCOCCOC(=O)c1cc(C)cc(S(N)(=O)=O)c1. The summed E-state index contributed by atoms with van der Waals surface area (Å²) < 4.78 is 33.0. The summed E-state index contributed by atoms with van der Waals surface area (Å²) >= 11 is 0. The molecule has 0 spiro atoms. The zero-order valence-corrected chi connectivity index (χ0v) is 13.1. The summed E-state index contributed by atoms with van der Waals surface area (Å²) in [7, 11) is -3.85. The average molecular weight is 315 g/mol. The first-order valence-electron chi connectivity index (χ1n) is 6.74. The highest BCUT2D eigenvalue weighted by molar-refractivity contribution is 7.89. The number of esters is 1. The summed E-state index contributed by atoms with van der Waals surface area (Å²) in [6.07, 6.45) is 2.00. The van der Waals surface area contributed by atoms with Crippen LogP contribution in [-0.2, 0) is 19.5 Å². The first-order valence-corrected chi connectivity index (χ1v) is 8.28. The van der Waals surface area contributed by atoms with Gasteiger partial charge in [-0.15, -0.1) is 0 Å². The van der Waals surface area contributed by atoms with Gasteiger partial charge in [0, 0.05) is 6.61 Å². The number of ether oxygens (including phenoxy) is 2. The van der Waals surface area contributed by atoms with Gasteiger partial charge in [-0.1, -0.05) is 13.3 Å². The molecule has 0 bridgehead atoms. The van der Waals surface area contributed by atoms with Gasteiger partial charge >= 0.3 is 5.97 Å². The van der Waals surface area contributed by atoms with Crippen LogP contribution in [0.4, 0.5) is 0 Å². The quantitative estimate of drug-likeness (QED) is 0.581. The Kier molecular flexibility index (Phi) is 6.80. The molecule has 118 valence electrons. The van der Waals surface area contributed by atoms with E-state index in [9.17, 15) is 13.2 Å². The van der Waals surface area contributed by atoms with Crippen LogP contribution < -0.4 is 5.14 Å². The standard InChI is InChI=1S/C14H21NO5S/c1-3-4-5-19-6-7-20-14(16)12-8-11(2)9-13(10-12)21(15,17)18/h8-10H,3-7H2,1-2H3,(H2,15,17,18). The highest BCUT2D eigenvalue weighted by Crippen LogP contribution is 2.14. The Labute approximate surface area is 125 Å². The Morgan fingerprint density at radius 2 is 1.90 bits per heavy atom. The molecule has 7 heteroatoms. The van der Waals surface area contributed by atoms with Crippen molar-refractivity contribution in [1.29, 1.82) is 0 Å². The van der Waals surface area contributed by atoms with Gasteiger partial charge in [0.15, 0.2) is 0 Å². The van der Waals surface area contributed by atoms with Gasteiger partial charge in [0.1, 0.15) is 6.61 Å². The number of nitrogens with two attached hydrogens (primary N) is 1. The normalized spacial score (nSPS) is 11.4. The molecule has 0 saturated carbocycles. The smallest absolute Gasteiger partial charge is 0.338 e. The van der Waals surface area contributed by atoms with Crippen molar-refractivity contribution < 1.29 is 22.7 Å².